The molecular formula is C19H25NO. The van der Waals surface area contributed by atoms with Gasteiger partial charge in [0, 0.05) is 19.3 Å². The molecular weight excluding hydrogens is 258 g/mol. The molecule has 1 unspecified atom stereocenters. The highest BCUT2D eigenvalue weighted by atomic mass is 16.3. The minimum atomic E-state index is -0.475. The van der Waals surface area contributed by atoms with E-state index in [-0.39, 0.29) is 0 Å². The van der Waals surface area contributed by atoms with Crippen LogP contribution in [-0.4, -0.2) is 18.7 Å². The Labute approximate surface area is 128 Å². The van der Waals surface area contributed by atoms with Crippen molar-refractivity contribution in [3.63, 3.8) is 0 Å². The predicted octanol–water partition coefficient (Wildman–Crippen LogP) is 4.29. The van der Waals surface area contributed by atoms with Gasteiger partial charge in [0.15, 0.2) is 0 Å². The average molecular weight is 283 g/mol. The first kappa shape index (κ1) is 15.6. The van der Waals surface area contributed by atoms with E-state index in [0.717, 1.165) is 11.3 Å². The van der Waals surface area contributed by atoms with E-state index in [1.165, 1.54) is 11.1 Å². The van der Waals surface area contributed by atoms with Gasteiger partial charge in [0.2, 0.25) is 0 Å². The SMILES string of the molecule is Cc1ccc(N(C)CC(O)c2ccc(C(C)C)cc2)cc1. The Bertz CT molecular complexity index is 557. The highest BCUT2D eigenvalue weighted by molar-refractivity contribution is 5.47. The molecule has 112 valence electrons. The number of anilines is 1. The summed E-state index contributed by atoms with van der Waals surface area (Å²) in [6, 6.07) is 16.6. The van der Waals surface area contributed by atoms with Crippen LogP contribution in [0.15, 0.2) is 48.5 Å². The monoisotopic (exact) mass is 283 g/mol. The second-order valence-corrected chi connectivity index (χ2v) is 6.05. The van der Waals surface area contributed by atoms with E-state index in [2.05, 4.69) is 62.1 Å². The van der Waals surface area contributed by atoms with Gasteiger partial charge in [0.1, 0.15) is 0 Å². The third-order valence-corrected chi connectivity index (χ3v) is 3.91. The standard InChI is InChI=1S/C19H25NO/c1-14(2)16-7-9-17(10-8-16)19(21)13-20(4)18-11-5-15(3)6-12-18/h5-12,14,19,21H,13H2,1-4H3. The minimum absolute atomic E-state index is 0.475. The molecule has 2 aromatic rings. The zero-order valence-corrected chi connectivity index (χ0v) is 13.4. The number of likely N-dealkylation sites (N-methyl/N-ethyl adjacent to an activating group) is 1. The fourth-order valence-corrected chi connectivity index (χ4v) is 2.37. The molecule has 0 saturated heterocycles. The fraction of sp³-hybridized carbons (Fsp3) is 0.368. The first-order valence-corrected chi connectivity index (χ1v) is 7.53. The Hall–Kier alpha value is -1.80. The number of rotatable bonds is 5. The lowest BCUT2D eigenvalue weighted by atomic mass is 10.00. The van der Waals surface area contributed by atoms with Gasteiger partial charge < -0.3 is 10.0 Å². The molecule has 1 atom stereocenters. The van der Waals surface area contributed by atoms with E-state index < -0.39 is 6.10 Å². The number of aliphatic hydroxyl groups is 1. The number of aliphatic hydroxyl groups excluding tert-OH is 1. The van der Waals surface area contributed by atoms with Gasteiger partial charge in [-0.3, -0.25) is 0 Å². The third kappa shape index (κ3) is 4.08. The molecule has 2 heteroatoms. The van der Waals surface area contributed by atoms with Crippen LogP contribution in [0.1, 0.15) is 42.6 Å². The molecule has 0 amide bonds. The van der Waals surface area contributed by atoms with Crippen LogP contribution in [0.25, 0.3) is 0 Å². The number of nitrogens with zero attached hydrogens (tertiary/aromatic N) is 1. The smallest absolute Gasteiger partial charge is 0.0964 e. The molecule has 0 bridgehead atoms. The molecule has 0 aromatic heterocycles. The lowest BCUT2D eigenvalue weighted by Gasteiger charge is -2.23. The molecule has 0 fully saturated rings. The summed E-state index contributed by atoms with van der Waals surface area (Å²) in [5, 5.41) is 10.4. The Morgan fingerprint density at radius 1 is 0.905 bits per heavy atom. The molecule has 0 heterocycles. The molecule has 0 aliphatic rings. The quantitative estimate of drug-likeness (QED) is 0.885. The van der Waals surface area contributed by atoms with Gasteiger partial charge in [0.25, 0.3) is 0 Å². The normalized spacial score (nSPS) is 12.5. The Kier molecular flexibility index (Phi) is 5.03. The summed E-state index contributed by atoms with van der Waals surface area (Å²) >= 11 is 0. The van der Waals surface area contributed by atoms with Gasteiger partial charge in [-0.25, -0.2) is 0 Å². The number of aryl methyl sites for hydroxylation is 1. The average Bonchev–Trinajstić information content (AvgIpc) is 2.47. The van der Waals surface area contributed by atoms with Crippen molar-refractivity contribution < 1.29 is 5.11 Å². The van der Waals surface area contributed by atoms with Crippen LogP contribution in [0.4, 0.5) is 5.69 Å². The van der Waals surface area contributed by atoms with Crippen LogP contribution in [0.5, 0.6) is 0 Å². The van der Waals surface area contributed by atoms with Gasteiger partial charge >= 0.3 is 0 Å². The van der Waals surface area contributed by atoms with E-state index in [1.807, 2.05) is 19.2 Å². The van der Waals surface area contributed by atoms with E-state index in [9.17, 15) is 5.11 Å². The molecule has 0 aliphatic heterocycles. The summed E-state index contributed by atoms with van der Waals surface area (Å²) in [6.45, 7) is 7.02. The molecule has 2 nitrogen and oxygen atoms in total. The van der Waals surface area contributed by atoms with Crippen molar-refractivity contribution in [1.29, 1.82) is 0 Å². The van der Waals surface area contributed by atoms with Crippen LogP contribution < -0.4 is 4.90 Å². The Balaban J connectivity index is 2.03. The van der Waals surface area contributed by atoms with Crippen molar-refractivity contribution in [1.82, 2.24) is 0 Å². The third-order valence-electron chi connectivity index (χ3n) is 3.91. The molecule has 21 heavy (non-hydrogen) atoms. The highest BCUT2D eigenvalue weighted by Gasteiger charge is 2.11. The van der Waals surface area contributed by atoms with Gasteiger partial charge in [0.05, 0.1) is 6.10 Å². The van der Waals surface area contributed by atoms with Crippen LogP contribution in [0.2, 0.25) is 0 Å². The van der Waals surface area contributed by atoms with Gasteiger partial charge in [-0.15, -0.1) is 0 Å². The van der Waals surface area contributed by atoms with Gasteiger partial charge in [-0.2, -0.15) is 0 Å². The number of hydrogen-bond donors (Lipinski definition) is 1. The number of benzene rings is 2. The van der Waals surface area contributed by atoms with Crippen LogP contribution >= 0.6 is 0 Å². The maximum atomic E-state index is 10.4. The van der Waals surface area contributed by atoms with Gasteiger partial charge in [-0.05, 0) is 36.1 Å². The molecule has 0 radical (unpaired) electrons. The molecule has 2 rings (SSSR count). The van der Waals surface area contributed by atoms with E-state index in [4.69, 9.17) is 0 Å². The number of hydrogen-bond acceptors (Lipinski definition) is 2. The lowest BCUT2D eigenvalue weighted by Crippen LogP contribution is -2.24. The minimum Gasteiger partial charge on any atom is -0.387 e. The Morgan fingerprint density at radius 2 is 1.43 bits per heavy atom. The molecule has 0 saturated carbocycles. The summed E-state index contributed by atoms with van der Waals surface area (Å²) in [5.41, 5.74) is 4.65. The van der Waals surface area contributed by atoms with Crippen LogP contribution in [0.3, 0.4) is 0 Å². The summed E-state index contributed by atoms with van der Waals surface area (Å²) < 4.78 is 0. The highest BCUT2D eigenvalue weighted by Crippen LogP contribution is 2.21. The first-order chi connectivity index (χ1) is 9.97. The molecule has 1 N–H and O–H groups in total. The molecule has 0 spiro atoms. The summed E-state index contributed by atoms with van der Waals surface area (Å²) in [5.74, 6) is 0.520. The topological polar surface area (TPSA) is 23.5 Å². The van der Waals surface area contributed by atoms with Crippen molar-refractivity contribution in [2.24, 2.45) is 0 Å². The lowest BCUT2D eigenvalue weighted by molar-refractivity contribution is 0.185. The zero-order valence-electron chi connectivity index (χ0n) is 13.4. The van der Waals surface area contributed by atoms with E-state index in [0.29, 0.717) is 12.5 Å². The van der Waals surface area contributed by atoms with Crippen molar-refractivity contribution in [3.8, 4) is 0 Å². The van der Waals surface area contributed by atoms with Crippen molar-refractivity contribution in [2.75, 3.05) is 18.5 Å². The Morgan fingerprint density at radius 3 is 1.95 bits per heavy atom. The maximum Gasteiger partial charge on any atom is 0.0964 e. The first-order valence-electron chi connectivity index (χ1n) is 7.53. The van der Waals surface area contributed by atoms with Gasteiger partial charge in [-0.1, -0.05) is 55.8 Å². The maximum absolute atomic E-state index is 10.4. The second kappa shape index (κ2) is 6.77. The largest absolute Gasteiger partial charge is 0.387 e. The summed E-state index contributed by atoms with van der Waals surface area (Å²) in [6.07, 6.45) is -0.475. The fourth-order valence-electron chi connectivity index (χ4n) is 2.37. The zero-order chi connectivity index (χ0) is 15.4. The van der Waals surface area contributed by atoms with Crippen LogP contribution in [0, 0.1) is 6.92 Å². The molecule has 2 aromatic carbocycles. The second-order valence-electron chi connectivity index (χ2n) is 6.05. The molecule has 0 aliphatic carbocycles. The summed E-state index contributed by atoms with van der Waals surface area (Å²) in [7, 11) is 2.01. The van der Waals surface area contributed by atoms with E-state index in [1.54, 1.807) is 0 Å². The van der Waals surface area contributed by atoms with Crippen molar-refractivity contribution in [2.45, 2.75) is 32.8 Å². The summed E-state index contributed by atoms with van der Waals surface area (Å²) in [4.78, 5) is 2.08. The van der Waals surface area contributed by atoms with E-state index >= 15 is 0 Å². The van der Waals surface area contributed by atoms with Crippen molar-refractivity contribution in [3.05, 3.63) is 65.2 Å². The predicted molar refractivity (Wildman–Crippen MR) is 89.9 cm³/mol. The van der Waals surface area contributed by atoms with Crippen LogP contribution in [-0.2, 0) is 0 Å². The van der Waals surface area contributed by atoms with Crippen molar-refractivity contribution >= 4 is 5.69 Å².